The van der Waals surface area contributed by atoms with Gasteiger partial charge in [-0.1, -0.05) is 158 Å². The van der Waals surface area contributed by atoms with E-state index in [9.17, 15) is 0 Å². The van der Waals surface area contributed by atoms with Crippen LogP contribution in [-0.2, 0) is 5.41 Å². The summed E-state index contributed by atoms with van der Waals surface area (Å²) < 4.78 is 0. The Bertz CT molecular complexity index is 2970. The Hall–Kier alpha value is -7.08. The molecular formula is C51H28N2. The smallest absolute Gasteiger partial charge is 0.0794 e. The van der Waals surface area contributed by atoms with Crippen LogP contribution < -0.4 is 0 Å². The monoisotopic (exact) mass is 668 g/mol. The molecule has 0 fully saturated rings. The molecule has 2 aromatic heterocycles. The van der Waals surface area contributed by atoms with Crippen LogP contribution in [0.1, 0.15) is 22.3 Å². The van der Waals surface area contributed by atoms with Gasteiger partial charge >= 0.3 is 0 Å². The molecule has 8 aromatic carbocycles. The lowest BCUT2D eigenvalue weighted by molar-refractivity contribution is 0.794. The van der Waals surface area contributed by atoms with E-state index >= 15 is 0 Å². The zero-order chi connectivity index (χ0) is 34.7. The fourth-order valence-corrected chi connectivity index (χ4v) is 9.31. The molecule has 0 aliphatic heterocycles. The third kappa shape index (κ3) is 3.83. The minimum absolute atomic E-state index is 0.540. The molecule has 12 rings (SSSR count). The second kappa shape index (κ2) is 10.5. The lowest BCUT2D eigenvalue weighted by Crippen LogP contribution is -2.26. The minimum Gasteiger partial charge on any atom is -0.247 e. The molecule has 1 spiro atoms. The van der Waals surface area contributed by atoms with E-state index in [-0.39, 0.29) is 0 Å². The summed E-state index contributed by atoms with van der Waals surface area (Å²) in [6, 6.07) is 68.7. The maximum absolute atomic E-state index is 5.33. The molecule has 242 valence electrons. The maximum Gasteiger partial charge on any atom is 0.0794 e. The van der Waals surface area contributed by atoms with E-state index < -0.39 is 5.41 Å². The molecule has 53 heavy (non-hydrogen) atoms. The minimum atomic E-state index is -0.540. The van der Waals surface area contributed by atoms with Crippen molar-refractivity contribution in [3.63, 3.8) is 0 Å². The van der Waals surface area contributed by atoms with E-state index in [1.165, 1.54) is 55.1 Å². The first kappa shape index (κ1) is 28.6. The normalized spacial score (nSPS) is 13.3. The third-order valence-electron chi connectivity index (χ3n) is 11.7. The highest BCUT2D eigenvalue weighted by atomic mass is 14.7. The third-order valence-corrected chi connectivity index (χ3v) is 11.7. The summed E-state index contributed by atoms with van der Waals surface area (Å²) in [5.41, 5.74) is 15.3. The van der Waals surface area contributed by atoms with Crippen molar-refractivity contribution in [3.8, 4) is 44.8 Å². The SMILES string of the molecule is c1c(-c2ccc3ccc4ccccc4c3n2)cc2c(c#1)-c1ccccc1C21c2ccccc2-c2ccc(-c3ccc4ccc5ccccc5c4n3)cc21. The van der Waals surface area contributed by atoms with Crippen molar-refractivity contribution in [1.29, 1.82) is 0 Å². The van der Waals surface area contributed by atoms with Gasteiger partial charge in [0.1, 0.15) is 0 Å². The predicted octanol–water partition coefficient (Wildman–Crippen LogP) is 12.4. The molecule has 2 nitrogen and oxygen atoms in total. The highest BCUT2D eigenvalue weighted by molar-refractivity contribution is 6.07. The van der Waals surface area contributed by atoms with Crippen LogP contribution in [-0.4, -0.2) is 9.97 Å². The summed E-state index contributed by atoms with van der Waals surface area (Å²) in [4.78, 5) is 10.6. The van der Waals surface area contributed by atoms with Crippen LogP contribution in [0.2, 0.25) is 0 Å². The summed E-state index contributed by atoms with van der Waals surface area (Å²) in [6.07, 6.45) is 0. The van der Waals surface area contributed by atoms with Crippen molar-refractivity contribution in [1.82, 2.24) is 9.97 Å². The zero-order valence-electron chi connectivity index (χ0n) is 28.6. The van der Waals surface area contributed by atoms with Gasteiger partial charge in [-0.25, -0.2) is 9.97 Å². The number of aromatic nitrogens is 2. The largest absolute Gasteiger partial charge is 0.247 e. The Morgan fingerprint density at radius 3 is 1.66 bits per heavy atom. The molecule has 0 N–H and O–H groups in total. The maximum atomic E-state index is 5.33. The van der Waals surface area contributed by atoms with Gasteiger partial charge in [0.25, 0.3) is 0 Å². The Kier molecular flexibility index (Phi) is 5.66. The van der Waals surface area contributed by atoms with Crippen LogP contribution in [0.3, 0.4) is 0 Å². The van der Waals surface area contributed by atoms with Crippen molar-refractivity contribution < 1.29 is 0 Å². The molecular weight excluding hydrogens is 641 g/mol. The fraction of sp³-hybridized carbons (Fsp3) is 0.0196. The van der Waals surface area contributed by atoms with E-state index in [0.29, 0.717) is 0 Å². The second-order valence-electron chi connectivity index (χ2n) is 14.3. The summed E-state index contributed by atoms with van der Waals surface area (Å²) in [5, 5.41) is 6.99. The van der Waals surface area contributed by atoms with Crippen LogP contribution in [0.4, 0.5) is 0 Å². The molecule has 0 radical (unpaired) electrons. The van der Waals surface area contributed by atoms with Gasteiger partial charge in [0, 0.05) is 32.7 Å². The van der Waals surface area contributed by atoms with Crippen molar-refractivity contribution in [2.75, 3.05) is 0 Å². The van der Waals surface area contributed by atoms with E-state index in [1.54, 1.807) is 0 Å². The van der Waals surface area contributed by atoms with Crippen molar-refractivity contribution in [2.24, 2.45) is 0 Å². The summed E-state index contributed by atoms with van der Waals surface area (Å²) in [7, 11) is 0. The number of benzene rings is 7. The molecule has 0 saturated heterocycles. The van der Waals surface area contributed by atoms with Crippen LogP contribution >= 0.6 is 0 Å². The lowest BCUT2D eigenvalue weighted by atomic mass is 9.70. The Morgan fingerprint density at radius 1 is 0.377 bits per heavy atom. The first-order valence-electron chi connectivity index (χ1n) is 18.2. The number of rotatable bonds is 2. The van der Waals surface area contributed by atoms with Crippen LogP contribution in [0.15, 0.2) is 170 Å². The van der Waals surface area contributed by atoms with E-state index in [4.69, 9.17) is 9.97 Å². The highest BCUT2D eigenvalue weighted by Gasteiger charge is 2.52. The van der Waals surface area contributed by atoms with E-state index in [2.05, 4.69) is 182 Å². The first-order valence-corrected chi connectivity index (χ1v) is 18.2. The number of hydrogen-bond donors (Lipinski definition) is 0. The van der Waals surface area contributed by atoms with Gasteiger partial charge in [-0.2, -0.15) is 0 Å². The second-order valence-corrected chi connectivity index (χ2v) is 14.3. The van der Waals surface area contributed by atoms with Gasteiger partial charge in [0.15, 0.2) is 0 Å². The van der Waals surface area contributed by atoms with Crippen molar-refractivity contribution >= 4 is 43.4 Å². The van der Waals surface area contributed by atoms with Crippen LogP contribution in [0.25, 0.3) is 88.1 Å². The predicted molar refractivity (Wildman–Crippen MR) is 217 cm³/mol. The molecule has 0 bridgehead atoms. The molecule has 1 unspecified atom stereocenters. The van der Waals surface area contributed by atoms with Crippen LogP contribution in [0.5, 0.6) is 0 Å². The molecule has 2 heteroatoms. The van der Waals surface area contributed by atoms with Gasteiger partial charge in [0.05, 0.1) is 33.4 Å². The molecule has 10 aromatic rings. The topological polar surface area (TPSA) is 25.8 Å². The van der Waals surface area contributed by atoms with Gasteiger partial charge in [-0.05, 0) is 74.0 Å². The quantitative estimate of drug-likeness (QED) is 0.171. The average molecular weight is 669 g/mol. The highest BCUT2D eigenvalue weighted by Crippen LogP contribution is 2.63. The van der Waals surface area contributed by atoms with Crippen molar-refractivity contribution in [3.05, 3.63) is 204 Å². The Balaban J connectivity index is 1.11. The fourth-order valence-electron chi connectivity index (χ4n) is 9.31. The summed E-state index contributed by atoms with van der Waals surface area (Å²) in [6.45, 7) is 0. The van der Waals surface area contributed by atoms with Gasteiger partial charge in [0.2, 0.25) is 0 Å². The summed E-state index contributed by atoms with van der Waals surface area (Å²) >= 11 is 0. The number of fused-ring (bicyclic) bond motifs is 16. The molecule has 1 atom stereocenters. The summed E-state index contributed by atoms with van der Waals surface area (Å²) in [5.74, 6) is 0. The average Bonchev–Trinajstić information content (AvgIpc) is 3.70. The Morgan fingerprint density at radius 2 is 0.925 bits per heavy atom. The van der Waals surface area contributed by atoms with E-state index in [1.807, 2.05) is 0 Å². The number of pyridine rings is 2. The molecule has 2 heterocycles. The van der Waals surface area contributed by atoms with Gasteiger partial charge in [-0.3, -0.25) is 0 Å². The number of nitrogens with zero attached hydrogens (tertiary/aromatic N) is 2. The molecule has 2 aliphatic carbocycles. The standard InChI is InChI=1S/C51H28N2/c1-3-11-37-31(9-1)17-19-33-23-27-47(52-49(33)37)35-21-25-41-39-13-5-7-15-43(39)51(45(41)29-35)44-16-8-6-14-40(44)42-26-22-36(30-46(42)51)48-28-24-34-20-18-32-10-2-4-12-38(32)50(34)53-48/h1-21,23-25,27-30H. The van der Waals surface area contributed by atoms with Crippen molar-refractivity contribution in [2.45, 2.75) is 5.41 Å². The van der Waals surface area contributed by atoms with Gasteiger partial charge < -0.3 is 0 Å². The zero-order valence-corrected chi connectivity index (χ0v) is 28.6. The molecule has 0 amide bonds. The molecule has 0 saturated carbocycles. The number of hydrogen-bond acceptors (Lipinski definition) is 2. The van der Waals surface area contributed by atoms with Crippen LogP contribution in [0, 0.1) is 12.1 Å². The van der Waals surface area contributed by atoms with E-state index in [0.717, 1.165) is 55.3 Å². The lowest BCUT2D eigenvalue weighted by Gasteiger charge is -2.30. The Labute approximate surface area is 306 Å². The first-order chi connectivity index (χ1) is 26.3. The molecule has 2 aliphatic rings. The van der Waals surface area contributed by atoms with Gasteiger partial charge in [-0.15, -0.1) is 0 Å².